The number of likely N-dealkylation sites (tertiary alicyclic amines) is 1. The maximum absolute atomic E-state index is 13.1. The number of anilines is 2. The number of hydrogen-bond acceptors (Lipinski definition) is 8. The highest BCUT2D eigenvalue weighted by molar-refractivity contribution is 7.22. The van der Waals surface area contributed by atoms with Crippen LogP contribution in [0.15, 0.2) is 36.4 Å². The summed E-state index contributed by atoms with van der Waals surface area (Å²) in [6.07, 6.45) is -3.81. The summed E-state index contributed by atoms with van der Waals surface area (Å²) in [6, 6.07) is 8.37. The molecule has 212 valence electrons. The lowest BCUT2D eigenvalue weighted by atomic mass is 10.1. The molecule has 5 rings (SSSR count). The number of aromatic nitrogens is 3. The minimum Gasteiger partial charge on any atom is -0.393 e. The average molecular weight is 577 g/mol. The molecule has 1 aliphatic rings. The zero-order valence-corrected chi connectivity index (χ0v) is 22.3. The highest BCUT2D eigenvalue weighted by Gasteiger charge is 2.31. The molecule has 0 atom stereocenters. The summed E-state index contributed by atoms with van der Waals surface area (Å²) in [6.45, 7) is 1.54. The molecule has 14 heteroatoms. The van der Waals surface area contributed by atoms with Gasteiger partial charge in [0.1, 0.15) is 0 Å². The summed E-state index contributed by atoms with van der Waals surface area (Å²) in [4.78, 5) is 35.9. The molecule has 1 fully saturated rings. The van der Waals surface area contributed by atoms with E-state index in [0.717, 1.165) is 23.5 Å². The third kappa shape index (κ3) is 6.03. The number of fused-ring (bicyclic) bond motifs is 2. The van der Waals surface area contributed by atoms with E-state index in [9.17, 15) is 27.9 Å². The molecule has 10 nitrogen and oxygen atoms in total. The van der Waals surface area contributed by atoms with Gasteiger partial charge in [0.15, 0.2) is 5.13 Å². The molecule has 4 aromatic rings. The number of thiazole rings is 1. The van der Waals surface area contributed by atoms with Crippen molar-refractivity contribution in [3.05, 3.63) is 47.5 Å². The Kier molecular flexibility index (Phi) is 7.92. The van der Waals surface area contributed by atoms with Gasteiger partial charge in [-0.2, -0.15) is 13.2 Å². The number of benzene rings is 2. The minimum absolute atomic E-state index is 0.157. The number of ether oxygens (including phenoxy) is 1. The highest BCUT2D eigenvalue weighted by atomic mass is 32.1. The molecule has 3 heterocycles. The lowest BCUT2D eigenvalue weighted by Crippen LogP contribution is -2.45. The van der Waals surface area contributed by atoms with Crippen molar-refractivity contribution in [1.29, 1.82) is 0 Å². The van der Waals surface area contributed by atoms with Gasteiger partial charge < -0.3 is 29.9 Å². The van der Waals surface area contributed by atoms with Crippen LogP contribution in [0.3, 0.4) is 0 Å². The van der Waals surface area contributed by atoms with Gasteiger partial charge in [0, 0.05) is 32.3 Å². The Bertz CT molecular complexity index is 1540. The molecule has 2 aromatic heterocycles. The van der Waals surface area contributed by atoms with Crippen molar-refractivity contribution in [3.8, 4) is 0 Å². The van der Waals surface area contributed by atoms with Crippen molar-refractivity contribution in [1.82, 2.24) is 24.8 Å². The van der Waals surface area contributed by atoms with Crippen LogP contribution in [0.4, 0.5) is 24.3 Å². The lowest BCUT2D eigenvalue weighted by molar-refractivity contribution is -0.137. The van der Waals surface area contributed by atoms with Gasteiger partial charge in [-0.05, 0) is 49.2 Å². The van der Waals surface area contributed by atoms with Crippen LogP contribution in [0.1, 0.15) is 28.8 Å². The Morgan fingerprint density at radius 1 is 1.12 bits per heavy atom. The third-order valence-electron chi connectivity index (χ3n) is 6.68. The van der Waals surface area contributed by atoms with Crippen LogP contribution in [0, 0.1) is 0 Å². The van der Waals surface area contributed by atoms with E-state index in [1.165, 1.54) is 6.07 Å². The van der Waals surface area contributed by atoms with Gasteiger partial charge in [0.05, 0.1) is 46.1 Å². The van der Waals surface area contributed by atoms with Crippen LogP contribution < -0.4 is 10.6 Å². The molecule has 40 heavy (non-hydrogen) atoms. The summed E-state index contributed by atoms with van der Waals surface area (Å²) in [7, 11) is 1.56. The normalized spacial score (nSPS) is 14.7. The van der Waals surface area contributed by atoms with Gasteiger partial charge in [-0.1, -0.05) is 11.3 Å². The molecule has 0 bridgehead atoms. The van der Waals surface area contributed by atoms with Crippen molar-refractivity contribution < 1.29 is 32.6 Å². The van der Waals surface area contributed by atoms with Crippen LogP contribution in [0.5, 0.6) is 0 Å². The number of imidazole rings is 1. The van der Waals surface area contributed by atoms with Crippen LogP contribution in [0.25, 0.3) is 21.3 Å². The smallest absolute Gasteiger partial charge is 0.393 e. The number of piperidine rings is 1. The van der Waals surface area contributed by atoms with E-state index in [2.05, 4.69) is 20.6 Å². The predicted molar refractivity (Wildman–Crippen MR) is 144 cm³/mol. The molecule has 1 saturated heterocycles. The summed E-state index contributed by atoms with van der Waals surface area (Å²) in [5, 5.41) is 15.7. The fraction of sp³-hybridized carbons (Fsp3) is 0.385. The van der Waals surface area contributed by atoms with Gasteiger partial charge >= 0.3 is 6.18 Å². The molecule has 3 N–H and O–H groups in total. The summed E-state index contributed by atoms with van der Waals surface area (Å²) < 4.78 is 46.8. The van der Waals surface area contributed by atoms with Crippen LogP contribution >= 0.6 is 11.3 Å². The number of carbonyl (C=O) groups excluding carboxylic acids is 2. The molecule has 0 aliphatic carbocycles. The number of rotatable bonds is 8. The van der Waals surface area contributed by atoms with E-state index in [1.54, 1.807) is 30.2 Å². The Balaban J connectivity index is 1.35. The first-order chi connectivity index (χ1) is 19.1. The number of nitrogens with zero attached hydrogens (tertiary/aromatic N) is 4. The molecule has 0 unspecified atom stereocenters. The molecule has 0 spiro atoms. The van der Waals surface area contributed by atoms with E-state index >= 15 is 0 Å². The summed E-state index contributed by atoms with van der Waals surface area (Å²) >= 11 is 1.07. The molecular weight excluding hydrogens is 549 g/mol. The molecule has 1 aliphatic heterocycles. The molecular formula is C26H27F3N6O4S. The molecule has 0 radical (unpaired) electrons. The van der Waals surface area contributed by atoms with Crippen molar-refractivity contribution in [2.45, 2.75) is 31.7 Å². The Morgan fingerprint density at radius 3 is 2.62 bits per heavy atom. The second-order valence-corrected chi connectivity index (χ2v) is 10.4. The van der Waals surface area contributed by atoms with E-state index in [-0.39, 0.29) is 12.5 Å². The molecule has 0 saturated carbocycles. The maximum Gasteiger partial charge on any atom is 0.416 e. The van der Waals surface area contributed by atoms with Crippen molar-refractivity contribution in [2.24, 2.45) is 0 Å². The second-order valence-electron chi connectivity index (χ2n) is 9.40. The number of nitrogens with one attached hydrogen (secondary N) is 2. The maximum atomic E-state index is 13.1. The minimum atomic E-state index is -4.45. The van der Waals surface area contributed by atoms with Crippen LogP contribution in [-0.4, -0.2) is 75.8 Å². The van der Waals surface area contributed by atoms with Crippen molar-refractivity contribution in [2.75, 3.05) is 38.7 Å². The number of aliphatic hydroxyl groups excluding tert-OH is 1. The summed E-state index contributed by atoms with van der Waals surface area (Å²) in [5.41, 5.74) is 1.21. The molecule has 2 amide bonds. The summed E-state index contributed by atoms with van der Waals surface area (Å²) in [5.74, 6) is -0.253. The Labute approximate surface area is 230 Å². The highest BCUT2D eigenvalue weighted by Crippen LogP contribution is 2.35. The first kappa shape index (κ1) is 27.8. The van der Waals surface area contributed by atoms with E-state index in [4.69, 9.17) is 4.74 Å². The predicted octanol–water partition coefficient (Wildman–Crippen LogP) is 3.77. The van der Waals surface area contributed by atoms with Gasteiger partial charge in [-0.3, -0.25) is 9.59 Å². The van der Waals surface area contributed by atoms with Crippen LogP contribution in [-0.2, 0) is 22.3 Å². The van der Waals surface area contributed by atoms with Crippen molar-refractivity contribution >= 4 is 55.5 Å². The quantitative estimate of drug-likeness (QED) is 0.292. The number of carbonyl (C=O) groups is 2. The van der Waals surface area contributed by atoms with Crippen molar-refractivity contribution in [3.63, 3.8) is 0 Å². The van der Waals surface area contributed by atoms with Gasteiger partial charge in [-0.25, -0.2) is 9.97 Å². The SMILES string of the molecule is COCCn1c(Nc2nc3ccc(C(F)(F)F)cc3s2)nc2cc(C(=O)NCC(=O)N3CCC(O)CC3)ccc21. The standard InChI is InChI=1S/C26H27F3N6O4S/c1-39-11-10-35-20-5-2-15(23(38)30-14-22(37)34-8-6-17(36)7-9-34)12-19(20)31-24(35)33-25-32-18-4-3-16(26(27,28)29)13-21(18)40-25/h2-5,12-13,17,36H,6-11,14H2,1H3,(H,30,38)(H,31,32,33). The first-order valence-corrected chi connectivity index (χ1v) is 13.4. The van der Waals surface area contributed by atoms with Gasteiger partial charge in [0.25, 0.3) is 5.91 Å². The van der Waals surface area contributed by atoms with Gasteiger partial charge in [0.2, 0.25) is 11.9 Å². The number of halogens is 3. The number of alkyl halides is 3. The fourth-order valence-electron chi connectivity index (χ4n) is 4.51. The largest absolute Gasteiger partial charge is 0.416 e. The van der Waals surface area contributed by atoms with E-state index < -0.39 is 23.8 Å². The number of methoxy groups -OCH3 is 1. The number of aliphatic hydroxyl groups is 1. The number of hydrogen-bond donors (Lipinski definition) is 3. The topological polar surface area (TPSA) is 122 Å². The zero-order chi connectivity index (χ0) is 28.4. The second kappa shape index (κ2) is 11.4. The Hall–Kier alpha value is -3.75. The third-order valence-corrected chi connectivity index (χ3v) is 7.61. The first-order valence-electron chi connectivity index (χ1n) is 12.6. The lowest BCUT2D eigenvalue weighted by Gasteiger charge is -2.29. The molecule has 2 aromatic carbocycles. The van der Waals surface area contributed by atoms with Crippen LogP contribution in [0.2, 0.25) is 0 Å². The number of amides is 2. The average Bonchev–Trinajstić information content (AvgIpc) is 3.49. The fourth-order valence-corrected chi connectivity index (χ4v) is 5.41. The monoisotopic (exact) mass is 576 g/mol. The van der Waals surface area contributed by atoms with E-state index in [1.807, 2.05) is 4.57 Å². The van der Waals surface area contributed by atoms with E-state index in [0.29, 0.717) is 77.0 Å². The Morgan fingerprint density at radius 2 is 1.90 bits per heavy atom. The van der Waals surface area contributed by atoms with Gasteiger partial charge in [-0.15, -0.1) is 0 Å². The zero-order valence-electron chi connectivity index (χ0n) is 21.5.